The molecule has 3 aromatic rings. The molecule has 0 bridgehead atoms. The Labute approximate surface area is 130 Å². The van der Waals surface area contributed by atoms with Gasteiger partial charge >= 0.3 is 0 Å². The van der Waals surface area contributed by atoms with Gasteiger partial charge in [-0.1, -0.05) is 6.07 Å². The topological polar surface area (TPSA) is 54.9 Å². The van der Waals surface area contributed by atoms with Crippen molar-refractivity contribution < 1.29 is 4.79 Å². The van der Waals surface area contributed by atoms with Gasteiger partial charge in [0.15, 0.2) is 5.01 Å². The molecule has 0 aliphatic rings. The number of amides is 1. The number of carbonyl (C=O) groups is 1. The molecule has 1 atom stereocenters. The van der Waals surface area contributed by atoms with Crippen LogP contribution < -0.4 is 5.32 Å². The Balaban J connectivity index is 1.71. The zero-order valence-electron chi connectivity index (χ0n) is 11.3. The predicted octanol–water partition coefficient (Wildman–Crippen LogP) is 3.76. The minimum atomic E-state index is -0.146. The SMILES string of the molecule is C[C@@H](NC(=O)c1nc(-c2cccs2)cs1)c1ccncc1. The number of hydrogen-bond acceptors (Lipinski definition) is 5. The maximum Gasteiger partial charge on any atom is 0.280 e. The molecule has 106 valence electrons. The van der Waals surface area contributed by atoms with Gasteiger partial charge in [0.1, 0.15) is 0 Å². The first-order valence-electron chi connectivity index (χ1n) is 6.44. The number of nitrogens with one attached hydrogen (secondary N) is 1. The van der Waals surface area contributed by atoms with Crippen molar-refractivity contribution in [2.75, 3.05) is 0 Å². The highest BCUT2D eigenvalue weighted by atomic mass is 32.1. The largest absolute Gasteiger partial charge is 0.343 e. The number of carbonyl (C=O) groups excluding carboxylic acids is 1. The van der Waals surface area contributed by atoms with Gasteiger partial charge in [-0.05, 0) is 36.1 Å². The van der Waals surface area contributed by atoms with Gasteiger partial charge in [0.2, 0.25) is 0 Å². The van der Waals surface area contributed by atoms with Crippen LogP contribution in [0.4, 0.5) is 0 Å². The van der Waals surface area contributed by atoms with Crippen molar-refractivity contribution in [1.82, 2.24) is 15.3 Å². The van der Waals surface area contributed by atoms with Gasteiger partial charge < -0.3 is 5.32 Å². The van der Waals surface area contributed by atoms with E-state index in [0.717, 1.165) is 16.1 Å². The zero-order chi connectivity index (χ0) is 14.7. The molecule has 0 fully saturated rings. The molecular formula is C15H13N3OS2. The van der Waals surface area contributed by atoms with E-state index >= 15 is 0 Å². The lowest BCUT2D eigenvalue weighted by atomic mass is 10.1. The molecule has 6 heteroatoms. The van der Waals surface area contributed by atoms with Crippen LogP contribution in [0.2, 0.25) is 0 Å². The van der Waals surface area contributed by atoms with Crippen molar-refractivity contribution in [2.24, 2.45) is 0 Å². The van der Waals surface area contributed by atoms with E-state index in [2.05, 4.69) is 15.3 Å². The van der Waals surface area contributed by atoms with Gasteiger partial charge in [-0.3, -0.25) is 9.78 Å². The van der Waals surface area contributed by atoms with Crippen LogP contribution in [0.1, 0.15) is 28.3 Å². The van der Waals surface area contributed by atoms with Crippen molar-refractivity contribution >= 4 is 28.6 Å². The van der Waals surface area contributed by atoms with Crippen molar-refractivity contribution in [2.45, 2.75) is 13.0 Å². The summed E-state index contributed by atoms with van der Waals surface area (Å²) in [6.07, 6.45) is 3.44. The van der Waals surface area contributed by atoms with Crippen LogP contribution in [-0.4, -0.2) is 15.9 Å². The molecular weight excluding hydrogens is 302 g/mol. The molecule has 3 aromatic heterocycles. The van der Waals surface area contributed by atoms with E-state index in [-0.39, 0.29) is 11.9 Å². The summed E-state index contributed by atoms with van der Waals surface area (Å²) in [6, 6.07) is 7.69. The number of pyridine rings is 1. The molecule has 21 heavy (non-hydrogen) atoms. The van der Waals surface area contributed by atoms with Crippen LogP contribution in [-0.2, 0) is 0 Å². The Morgan fingerprint density at radius 1 is 1.24 bits per heavy atom. The van der Waals surface area contributed by atoms with Gasteiger partial charge in [0.25, 0.3) is 5.91 Å². The summed E-state index contributed by atoms with van der Waals surface area (Å²) >= 11 is 2.98. The molecule has 0 aliphatic carbocycles. The van der Waals surface area contributed by atoms with Gasteiger partial charge in [0, 0.05) is 17.8 Å². The van der Waals surface area contributed by atoms with Crippen LogP contribution in [0.3, 0.4) is 0 Å². The lowest BCUT2D eigenvalue weighted by Gasteiger charge is -2.12. The van der Waals surface area contributed by atoms with E-state index in [9.17, 15) is 4.79 Å². The second-order valence-corrected chi connectivity index (χ2v) is 6.30. The van der Waals surface area contributed by atoms with Crippen LogP contribution in [0, 0.1) is 0 Å². The molecule has 0 unspecified atom stereocenters. The van der Waals surface area contributed by atoms with E-state index in [0.29, 0.717) is 5.01 Å². The van der Waals surface area contributed by atoms with E-state index < -0.39 is 0 Å². The third-order valence-corrected chi connectivity index (χ3v) is 4.76. The number of nitrogens with zero attached hydrogens (tertiary/aromatic N) is 2. The van der Waals surface area contributed by atoms with Gasteiger partial charge in [-0.25, -0.2) is 4.98 Å². The van der Waals surface area contributed by atoms with E-state index in [1.807, 2.05) is 41.9 Å². The Morgan fingerprint density at radius 3 is 2.76 bits per heavy atom. The molecule has 0 spiro atoms. The van der Waals surface area contributed by atoms with E-state index in [4.69, 9.17) is 0 Å². The fraction of sp³-hybridized carbons (Fsp3) is 0.133. The first-order valence-corrected chi connectivity index (χ1v) is 8.20. The van der Waals surface area contributed by atoms with Gasteiger partial charge in [-0.2, -0.15) is 0 Å². The molecule has 4 nitrogen and oxygen atoms in total. The number of thiophene rings is 1. The predicted molar refractivity (Wildman–Crippen MR) is 85.5 cm³/mol. The molecule has 3 heterocycles. The third-order valence-electron chi connectivity index (χ3n) is 3.03. The minimum absolute atomic E-state index is 0.0745. The molecule has 1 N–H and O–H groups in total. The van der Waals surface area contributed by atoms with Crippen molar-refractivity contribution in [3.8, 4) is 10.6 Å². The molecule has 3 rings (SSSR count). The molecule has 0 aliphatic heterocycles. The van der Waals surface area contributed by atoms with E-state index in [1.54, 1.807) is 23.7 Å². The van der Waals surface area contributed by atoms with Crippen LogP contribution in [0.25, 0.3) is 10.6 Å². The minimum Gasteiger partial charge on any atom is -0.343 e. The van der Waals surface area contributed by atoms with Crippen molar-refractivity contribution in [3.63, 3.8) is 0 Å². The average molecular weight is 315 g/mol. The summed E-state index contributed by atoms with van der Waals surface area (Å²) in [5.41, 5.74) is 1.88. The Bertz CT molecular complexity index is 722. The first-order chi connectivity index (χ1) is 10.2. The maximum atomic E-state index is 12.2. The summed E-state index contributed by atoms with van der Waals surface area (Å²) in [7, 11) is 0. The number of hydrogen-bond donors (Lipinski definition) is 1. The highest BCUT2D eigenvalue weighted by Gasteiger charge is 2.15. The summed E-state index contributed by atoms with van der Waals surface area (Å²) in [4.78, 5) is 21.7. The van der Waals surface area contributed by atoms with Gasteiger partial charge in [-0.15, -0.1) is 22.7 Å². The number of thiazole rings is 1. The van der Waals surface area contributed by atoms with Crippen molar-refractivity contribution in [3.05, 3.63) is 58.0 Å². The molecule has 1 amide bonds. The summed E-state index contributed by atoms with van der Waals surface area (Å²) in [5, 5.41) is 7.36. The quantitative estimate of drug-likeness (QED) is 0.797. The fourth-order valence-corrected chi connectivity index (χ4v) is 3.39. The molecule has 0 radical (unpaired) electrons. The van der Waals surface area contributed by atoms with Crippen LogP contribution >= 0.6 is 22.7 Å². The lowest BCUT2D eigenvalue weighted by Crippen LogP contribution is -2.26. The van der Waals surface area contributed by atoms with Crippen LogP contribution in [0.5, 0.6) is 0 Å². The highest BCUT2D eigenvalue weighted by molar-refractivity contribution is 7.15. The van der Waals surface area contributed by atoms with E-state index in [1.165, 1.54) is 11.3 Å². The molecule has 0 saturated heterocycles. The third kappa shape index (κ3) is 3.17. The van der Waals surface area contributed by atoms with Crippen LogP contribution in [0.15, 0.2) is 47.4 Å². The Morgan fingerprint density at radius 2 is 2.05 bits per heavy atom. The first kappa shape index (κ1) is 13.9. The van der Waals surface area contributed by atoms with Crippen molar-refractivity contribution in [1.29, 1.82) is 0 Å². The zero-order valence-corrected chi connectivity index (χ0v) is 12.9. The Hall–Kier alpha value is -2.05. The number of aromatic nitrogens is 2. The summed E-state index contributed by atoms with van der Waals surface area (Å²) in [6.45, 7) is 1.95. The molecule has 0 aromatic carbocycles. The number of rotatable bonds is 4. The standard InChI is InChI=1S/C15H13N3OS2/c1-10(11-4-6-16-7-5-11)17-14(19)15-18-12(9-21-15)13-3-2-8-20-13/h2-10H,1H3,(H,17,19)/t10-/m1/s1. The Kier molecular flexibility index (Phi) is 4.08. The normalized spacial score (nSPS) is 12.0. The smallest absolute Gasteiger partial charge is 0.280 e. The molecule has 0 saturated carbocycles. The average Bonchev–Trinajstić information content (AvgIpc) is 3.19. The van der Waals surface area contributed by atoms with Gasteiger partial charge in [0.05, 0.1) is 16.6 Å². The lowest BCUT2D eigenvalue weighted by molar-refractivity contribution is 0.0939. The monoisotopic (exact) mass is 315 g/mol. The summed E-state index contributed by atoms with van der Waals surface area (Å²) < 4.78 is 0. The fourth-order valence-electron chi connectivity index (χ4n) is 1.91. The second-order valence-electron chi connectivity index (χ2n) is 4.49. The second kappa shape index (κ2) is 6.15. The summed E-state index contributed by atoms with van der Waals surface area (Å²) in [5.74, 6) is -0.146. The maximum absolute atomic E-state index is 12.2. The highest BCUT2D eigenvalue weighted by Crippen LogP contribution is 2.26.